The van der Waals surface area contributed by atoms with Gasteiger partial charge < -0.3 is 24.5 Å². The summed E-state index contributed by atoms with van der Waals surface area (Å²) in [6, 6.07) is 23.7. The molecule has 1 spiro atoms. The number of ether oxygens (including phenoxy) is 2. The Hall–Kier alpha value is -5.78. The van der Waals surface area contributed by atoms with Crippen molar-refractivity contribution in [2.24, 2.45) is 5.41 Å². The molecule has 12 nitrogen and oxygen atoms in total. The Balaban J connectivity index is 1.06. The molecule has 1 atom stereocenters. The van der Waals surface area contributed by atoms with Gasteiger partial charge in [-0.3, -0.25) is 14.4 Å². The van der Waals surface area contributed by atoms with Gasteiger partial charge in [-0.05, 0) is 109 Å². The fourth-order valence-electron chi connectivity index (χ4n) is 8.36. The first-order chi connectivity index (χ1) is 27.5. The van der Waals surface area contributed by atoms with Crippen molar-refractivity contribution in [3.8, 4) is 0 Å². The Morgan fingerprint density at radius 1 is 0.842 bits per heavy atom. The summed E-state index contributed by atoms with van der Waals surface area (Å²) >= 11 is 0. The number of fused-ring (bicyclic) bond motifs is 1. The molecule has 1 aliphatic carbocycles. The van der Waals surface area contributed by atoms with E-state index in [0.717, 1.165) is 53.4 Å². The van der Waals surface area contributed by atoms with Gasteiger partial charge in [-0.25, -0.2) is 4.79 Å². The lowest BCUT2D eigenvalue weighted by Crippen LogP contribution is -2.42. The van der Waals surface area contributed by atoms with Crippen molar-refractivity contribution in [2.45, 2.75) is 90.6 Å². The van der Waals surface area contributed by atoms with Crippen LogP contribution in [0.25, 0.3) is 10.8 Å². The summed E-state index contributed by atoms with van der Waals surface area (Å²) in [5, 5.41) is 14.5. The highest BCUT2D eigenvalue weighted by Gasteiger charge is 2.38. The molecule has 4 aromatic carbocycles. The number of hydrogen-bond donors (Lipinski definition) is 1. The highest BCUT2D eigenvalue weighted by atomic mass is 16.9. The number of benzene rings is 4. The zero-order valence-corrected chi connectivity index (χ0v) is 32.8. The van der Waals surface area contributed by atoms with Crippen LogP contribution in [-0.4, -0.2) is 60.0 Å². The smallest absolute Gasteiger partial charge is 0.338 e. The van der Waals surface area contributed by atoms with E-state index in [9.17, 15) is 29.3 Å². The fraction of sp³-hybridized carbons (Fsp3) is 0.422. The van der Waals surface area contributed by atoms with Crippen molar-refractivity contribution < 1.29 is 38.6 Å². The zero-order chi connectivity index (χ0) is 40.4. The van der Waals surface area contributed by atoms with Crippen LogP contribution in [0.15, 0.2) is 78.9 Å². The van der Waals surface area contributed by atoms with Crippen molar-refractivity contribution in [1.29, 1.82) is 0 Å². The molecular formula is C45H51N3O9. The van der Waals surface area contributed by atoms with Gasteiger partial charge in [0.15, 0.2) is 0 Å². The summed E-state index contributed by atoms with van der Waals surface area (Å²) in [7, 11) is 0. The molecule has 4 aromatic rings. The number of carbonyl (C=O) groups excluding carboxylic acids is 4. The number of nitrogens with zero attached hydrogens (tertiary/aromatic N) is 2. The SMILES string of the molecule is Cc1cc(C)c(NC(=O)C[C@H](CC(=O)OCCCCOC(=O)c2ccc(CO[N+](=O)[O-])cc2)c2cccc3ccccc23)c(C(=O)N2CCC3(CCCC3)CC2)c1. The van der Waals surface area contributed by atoms with E-state index in [0.29, 0.717) is 40.6 Å². The van der Waals surface area contributed by atoms with E-state index in [1.54, 1.807) is 12.1 Å². The van der Waals surface area contributed by atoms with Crippen LogP contribution in [0.2, 0.25) is 0 Å². The van der Waals surface area contributed by atoms with E-state index < -0.39 is 22.9 Å². The predicted octanol–water partition coefficient (Wildman–Crippen LogP) is 8.64. The highest BCUT2D eigenvalue weighted by Crippen LogP contribution is 2.46. The molecule has 1 saturated carbocycles. The van der Waals surface area contributed by atoms with Crippen LogP contribution in [-0.2, 0) is 30.5 Å². The van der Waals surface area contributed by atoms with Crippen LogP contribution >= 0.6 is 0 Å². The summed E-state index contributed by atoms with van der Waals surface area (Å²) < 4.78 is 10.9. The van der Waals surface area contributed by atoms with E-state index in [4.69, 9.17) is 9.47 Å². The molecule has 300 valence electrons. The standard InChI is InChI=1S/C45H51N3O9/c1-31-26-32(2)42(39(27-31)43(51)47-22-20-45(21-23-47)18-5-6-19-45)46-40(49)28-36(38-13-9-11-34-10-3-4-12-37(34)38)29-41(50)55-24-7-8-25-56-44(52)35-16-14-33(15-17-35)30-57-48(53)54/h3-4,9-17,26-27,36H,5-8,18-25,28-30H2,1-2H3,(H,46,49)/t36-/m1/s1. The number of rotatable bonds is 16. The Labute approximate surface area is 333 Å². The third-order valence-electron chi connectivity index (χ3n) is 11.4. The third-order valence-corrected chi connectivity index (χ3v) is 11.4. The summed E-state index contributed by atoms with van der Waals surface area (Å²) in [5.41, 5.74) is 4.83. The molecule has 0 bridgehead atoms. The van der Waals surface area contributed by atoms with Crippen molar-refractivity contribution in [3.05, 3.63) is 122 Å². The summed E-state index contributed by atoms with van der Waals surface area (Å²) in [4.78, 5) is 70.4. The van der Waals surface area contributed by atoms with Crippen molar-refractivity contribution >= 4 is 40.2 Å². The van der Waals surface area contributed by atoms with Crippen LogP contribution in [0.5, 0.6) is 0 Å². The van der Waals surface area contributed by atoms with Crippen LogP contribution in [0, 0.1) is 29.4 Å². The van der Waals surface area contributed by atoms with Crippen LogP contribution in [0.4, 0.5) is 5.69 Å². The average Bonchev–Trinajstić information content (AvgIpc) is 3.66. The van der Waals surface area contributed by atoms with Crippen LogP contribution in [0.1, 0.15) is 113 Å². The monoisotopic (exact) mass is 777 g/mol. The second kappa shape index (κ2) is 18.9. The Morgan fingerprint density at radius 3 is 2.25 bits per heavy atom. The van der Waals surface area contributed by atoms with Gasteiger partial charge in [-0.1, -0.05) is 73.5 Å². The Bertz CT molecular complexity index is 2080. The van der Waals surface area contributed by atoms with Gasteiger partial charge in [0.2, 0.25) is 5.91 Å². The normalized spacial score (nSPS) is 15.2. The molecule has 1 saturated heterocycles. The highest BCUT2D eigenvalue weighted by molar-refractivity contribution is 6.05. The molecule has 2 aliphatic rings. The van der Waals surface area contributed by atoms with Gasteiger partial charge in [0.1, 0.15) is 6.61 Å². The quantitative estimate of drug-likeness (QED) is 0.0510. The van der Waals surface area contributed by atoms with Gasteiger partial charge >= 0.3 is 11.9 Å². The summed E-state index contributed by atoms with van der Waals surface area (Å²) in [5.74, 6) is -1.86. The van der Waals surface area contributed by atoms with Crippen LogP contribution < -0.4 is 5.32 Å². The van der Waals surface area contributed by atoms with Crippen LogP contribution in [0.3, 0.4) is 0 Å². The van der Waals surface area contributed by atoms with Gasteiger partial charge in [-0.2, -0.15) is 0 Å². The van der Waals surface area contributed by atoms with E-state index in [-0.39, 0.29) is 44.5 Å². The molecular weight excluding hydrogens is 727 g/mol. The van der Waals surface area contributed by atoms with Gasteiger partial charge in [0.05, 0.1) is 36.4 Å². The molecule has 12 heteroatoms. The lowest BCUT2D eigenvalue weighted by atomic mass is 9.77. The number of likely N-dealkylation sites (tertiary alicyclic amines) is 1. The topological polar surface area (TPSA) is 154 Å². The Morgan fingerprint density at radius 2 is 1.53 bits per heavy atom. The number of nitrogens with one attached hydrogen (secondary N) is 1. The number of amides is 2. The fourth-order valence-corrected chi connectivity index (χ4v) is 8.36. The molecule has 0 unspecified atom stereocenters. The first-order valence-corrected chi connectivity index (χ1v) is 19.9. The molecule has 0 aromatic heterocycles. The number of unbranched alkanes of at least 4 members (excludes halogenated alkanes) is 1. The number of piperidine rings is 1. The molecule has 1 N–H and O–H groups in total. The van der Waals surface area contributed by atoms with Gasteiger partial charge in [0.25, 0.3) is 11.0 Å². The largest absolute Gasteiger partial charge is 0.466 e. The van der Waals surface area contributed by atoms with Gasteiger partial charge in [-0.15, -0.1) is 10.1 Å². The third kappa shape index (κ3) is 10.8. The number of aryl methyl sites for hydroxylation is 2. The Kier molecular flexibility index (Phi) is 13.6. The minimum atomic E-state index is -0.880. The van der Waals surface area contributed by atoms with E-state index >= 15 is 0 Å². The molecule has 6 rings (SSSR count). The molecule has 2 amide bonds. The second-order valence-electron chi connectivity index (χ2n) is 15.5. The zero-order valence-electron chi connectivity index (χ0n) is 32.8. The maximum absolute atomic E-state index is 14.0. The number of anilines is 1. The lowest BCUT2D eigenvalue weighted by molar-refractivity contribution is -0.763. The van der Waals surface area contributed by atoms with E-state index in [1.807, 2.05) is 73.3 Å². The molecule has 1 heterocycles. The molecule has 0 radical (unpaired) electrons. The maximum Gasteiger partial charge on any atom is 0.338 e. The minimum Gasteiger partial charge on any atom is -0.466 e. The van der Waals surface area contributed by atoms with Crippen molar-refractivity contribution in [3.63, 3.8) is 0 Å². The summed E-state index contributed by atoms with van der Waals surface area (Å²) in [6.45, 7) is 5.31. The second-order valence-corrected chi connectivity index (χ2v) is 15.5. The maximum atomic E-state index is 14.0. The molecule has 2 fully saturated rings. The first kappa shape index (κ1) is 40.9. The predicted molar refractivity (Wildman–Crippen MR) is 215 cm³/mol. The van der Waals surface area contributed by atoms with Crippen molar-refractivity contribution in [2.75, 3.05) is 31.6 Å². The molecule has 1 aliphatic heterocycles. The lowest BCUT2D eigenvalue weighted by Gasteiger charge is -2.39. The van der Waals surface area contributed by atoms with Crippen molar-refractivity contribution in [1.82, 2.24) is 4.90 Å². The number of carbonyl (C=O) groups is 4. The number of hydrogen-bond acceptors (Lipinski definition) is 9. The average molecular weight is 778 g/mol. The molecule has 57 heavy (non-hydrogen) atoms. The first-order valence-electron chi connectivity index (χ1n) is 19.9. The van der Waals surface area contributed by atoms with E-state index in [1.165, 1.54) is 37.8 Å². The summed E-state index contributed by atoms with van der Waals surface area (Å²) in [6.07, 6.45) is 7.94. The van der Waals surface area contributed by atoms with Gasteiger partial charge in [0, 0.05) is 25.4 Å². The number of esters is 2. The minimum absolute atomic E-state index is 0.00399. The van der Waals surface area contributed by atoms with E-state index in [2.05, 4.69) is 10.2 Å².